The Morgan fingerprint density at radius 1 is 1.36 bits per heavy atom. The van der Waals surface area contributed by atoms with Crippen molar-refractivity contribution < 1.29 is 23.4 Å². The van der Waals surface area contributed by atoms with Crippen LogP contribution < -0.4 is 20.7 Å². The molecule has 39 heavy (non-hydrogen) atoms. The Hall–Kier alpha value is -3.75. The van der Waals surface area contributed by atoms with Crippen molar-refractivity contribution in [1.29, 1.82) is 5.26 Å². The third-order valence-corrected chi connectivity index (χ3v) is 6.17. The minimum atomic E-state index is -0.553. The highest BCUT2D eigenvalue weighted by molar-refractivity contribution is 6.31. The van der Waals surface area contributed by atoms with Crippen LogP contribution in [0.15, 0.2) is 48.7 Å². The number of pyridine rings is 1. The molecule has 4 rings (SSSR count). The third kappa shape index (κ3) is 7.65. The molecular formula is C28H29ClFN5O4. The van der Waals surface area contributed by atoms with Gasteiger partial charge in [-0.1, -0.05) is 17.7 Å². The summed E-state index contributed by atoms with van der Waals surface area (Å²) >= 11 is 5.96. The fraction of sp³-hybridized carbons (Fsp3) is 0.321. The number of nitrogens with zero attached hydrogens (tertiary/aromatic N) is 2. The molecule has 0 saturated carbocycles. The number of hydrogen-bond donors (Lipinski definition) is 3. The molecule has 1 fully saturated rings. The molecule has 1 unspecified atom stereocenters. The minimum Gasteiger partial charge on any atom is -0.486 e. The van der Waals surface area contributed by atoms with E-state index < -0.39 is 5.82 Å². The van der Waals surface area contributed by atoms with E-state index in [1.807, 2.05) is 6.92 Å². The molecule has 0 spiro atoms. The van der Waals surface area contributed by atoms with Gasteiger partial charge < -0.3 is 30.2 Å². The predicted octanol–water partition coefficient (Wildman–Crippen LogP) is 4.93. The summed E-state index contributed by atoms with van der Waals surface area (Å²) in [6.45, 7) is 5.40. The number of hydrogen-bond acceptors (Lipinski definition) is 8. The van der Waals surface area contributed by atoms with E-state index in [2.05, 4.69) is 27.0 Å². The summed E-state index contributed by atoms with van der Waals surface area (Å²) in [5, 5.41) is 19.4. The van der Waals surface area contributed by atoms with E-state index in [-0.39, 0.29) is 22.6 Å². The lowest BCUT2D eigenvalue weighted by atomic mass is 10.1. The molecule has 9 nitrogen and oxygen atoms in total. The Morgan fingerprint density at radius 3 is 2.97 bits per heavy atom. The van der Waals surface area contributed by atoms with Crippen molar-refractivity contribution in [3.8, 4) is 11.8 Å². The predicted molar refractivity (Wildman–Crippen MR) is 148 cm³/mol. The van der Waals surface area contributed by atoms with Gasteiger partial charge in [-0.3, -0.25) is 9.78 Å². The first-order chi connectivity index (χ1) is 19.0. The molecule has 2 aromatic carbocycles. The fourth-order valence-electron chi connectivity index (χ4n) is 3.95. The van der Waals surface area contributed by atoms with Crippen LogP contribution in [0.1, 0.15) is 18.9 Å². The maximum Gasteiger partial charge on any atom is 0.248 e. The van der Waals surface area contributed by atoms with Crippen LogP contribution in [-0.4, -0.2) is 56.5 Å². The molecule has 1 aromatic heterocycles. The first-order valence-electron chi connectivity index (χ1n) is 12.6. The Balaban J connectivity index is 1.64. The summed E-state index contributed by atoms with van der Waals surface area (Å²) in [4.78, 5) is 17.2. The van der Waals surface area contributed by atoms with E-state index in [1.165, 1.54) is 30.5 Å². The lowest BCUT2D eigenvalue weighted by Crippen LogP contribution is -2.20. The SMILES string of the molecule is CCOCCNC/C=C/C(=O)Nc1cc2c(Nc3ccc(F)c(Cl)c3)c(C#N)cnc2cc1OC1CCOC1. The van der Waals surface area contributed by atoms with Gasteiger partial charge >= 0.3 is 0 Å². The number of nitrogens with one attached hydrogen (secondary N) is 3. The smallest absolute Gasteiger partial charge is 0.248 e. The molecule has 1 atom stereocenters. The van der Waals surface area contributed by atoms with Gasteiger partial charge in [0.2, 0.25) is 5.91 Å². The second-order valence-corrected chi connectivity index (χ2v) is 9.08. The molecule has 1 saturated heterocycles. The van der Waals surface area contributed by atoms with Crippen molar-refractivity contribution in [2.75, 3.05) is 50.2 Å². The molecule has 0 radical (unpaired) electrons. The van der Waals surface area contributed by atoms with Gasteiger partial charge in [-0.05, 0) is 31.2 Å². The zero-order valence-electron chi connectivity index (χ0n) is 21.4. The maximum atomic E-state index is 13.7. The number of carbonyl (C=O) groups is 1. The highest BCUT2D eigenvalue weighted by Gasteiger charge is 2.21. The lowest BCUT2D eigenvalue weighted by Gasteiger charge is -2.18. The Bertz CT molecular complexity index is 1390. The van der Waals surface area contributed by atoms with E-state index in [4.69, 9.17) is 25.8 Å². The summed E-state index contributed by atoms with van der Waals surface area (Å²) in [5.41, 5.74) is 2.12. The molecule has 3 aromatic rings. The number of benzene rings is 2. The molecule has 1 aliphatic rings. The average Bonchev–Trinajstić information content (AvgIpc) is 3.44. The summed E-state index contributed by atoms with van der Waals surface area (Å²) in [6, 6.07) is 9.72. The molecule has 204 valence electrons. The summed E-state index contributed by atoms with van der Waals surface area (Å²) in [5.74, 6) is -0.470. The first kappa shape index (κ1) is 28.3. The number of anilines is 3. The molecule has 0 aliphatic carbocycles. The molecule has 1 aliphatic heterocycles. The van der Waals surface area contributed by atoms with Crippen molar-refractivity contribution in [2.24, 2.45) is 0 Å². The van der Waals surface area contributed by atoms with Crippen LogP contribution >= 0.6 is 11.6 Å². The molecule has 3 N–H and O–H groups in total. The average molecular weight is 554 g/mol. The van der Waals surface area contributed by atoms with Crippen LogP contribution in [0.2, 0.25) is 5.02 Å². The van der Waals surface area contributed by atoms with Gasteiger partial charge in [-0.2, -0.15) is 5.26 Å². The quantitative estimate of drug-likeness (QED) is 0.213. The number of aromatic nitrogens is 1. The Labute approximate surface area is 230 Å². The van der Waals surface area contributed by atoms with Gasteiger partial charge in [-0.15, -0.1) is 0 Å². The highest BCUT2D eigenvalue weighted by Crippen LogP contribution is 2.37. The van der Waals surface area contributed by atoms with Gasteiger partial charge in [0.1, 0.15) is 23.7 Å². The van der Waals surface area contributed by atoms with Crippen molar-refractivity contribution >= 4 is 45.5 Å². The van der Waals surface area contributed by atoms with E-state index in [1.54, 1.807) is 18.2 Å². The summed E-state index contributed by atoms with van der Waals surface area (Å²) in [6.07, 6.45) is 5.15. The number of fused-ring (bicyclic) bond motifs is 1. The largest absolute Gasteiger partial charge is 0.486 e. The van der Waals surface area contributed by atoms with E-state index >= 15 is 0 Å². The summed E-state index contributed by atoms with van der Waals surface area (Å²) in [7, 11) is 0. The standard InChI is InChI=1S/C28H29ClFN5O4/c1-2-37-11-9-32-8-3-4-27(36)35-25-13-21-24(14-26(25)39-20-7-10-38-17-20)33-16-18(15-31)28(21)34-19-5-6-23(30)22(29)12-19/h3-6,12-14,16,20,32H,2,7-11,17H2,1H3,(H,33,34)(H,35,36)/b4-3+. The van der Waals surface area contributed by atoms with Crippen LogP contribution in [0.5, 0.6) is 5.75 Å². The molecule has 2 heterocycles. The first-order valence-corrected chi connectivity index (χ1v) is 13.0. The van der Waals surface area contributed by atoms with Gasteiger partial charge in [0.25, 0.3) is 0 Å². The van der Waals surface area contributed by atoms with Crippen LogP contribution in [0.25, 0.3) is 10.9 Å². The minimum absolute atomic E-state index is 0.0570. The Kier molecular flexibility index (Phi) is 10.1. The fourth-order valence-corrected chi connectivity index (χ4v) is 4.13. The molecular weight excluding hydrogens is 525 g/mol. The van der Waals surface area contributed by atoms with Gasteiger partial charge in [0, 0.05) is 55.5 Å². The van der Waals surface area contributed by atoms with Crippen molar-refractivity contribution in [1.82, 2.24) is 10.3 Å². The van der Waals surface area contributed by atoms with Crippen molar-refractivity contribution in [3.05, 3.63) is 65.1 Å². The molecule has 1 amide bonds. The number of halogens is 2. The lowest BCUT2D eigenvalue weighted by molar-refractivity contribution is -0.111. The highest BCUT2D eigenvalue weighted by atomic mass is 35.5. The molecule has 0 bridgehead atoms. The van der Waals surface area contributed by atoms with Crippen LogP contribution in [0, 0.1) is 17.1 Å². The van der Waals surface area contributed by atoms with E-state index in [0.717, 1.165) is 6.42 Å². The monoisotopic (exact) mass is 553 g/mol. The second kappa shape index (κ2) is 13.9. The zero-order chi connectivity index (χ0) is 27.6. The topological polar surface area (TPSA) is 118 Å². The van der Waals surface area contributed by atoms with Crippen LogP contribution in [0.3, 0.4) is 0 Å². The number of nitriles is 1. The number of rotatable bonds is 12. The van der Waals surface area contributed by atoms with Gasteiger partial charge in [0.15, 0.2) is 0 Å². The van der Waals surface area contributed by atoms with Gasteiger partial charge in [-0.25, -0.2) is 4.39 Å². The number of carbonyl (C=O) groups excluding carboxylic acids is 1. The molecule has 11 heteroatoms. The van der Waals surface area contributed by atoms with Crippen LogP contribution in [-0.2, 0) is 14.3 Å². The van der Waals surface area contributed by atoms with Crippen LogP contribution in [0.4, 0.5) is 21.5 Å². The van der Waals surface area contributed by atoms with E-state index in [9.17, 15) is 14.4 Å². The number of amides is 1. The Morgan fingerprint density at radius 2 is 2.23 bits per heavy atom. The number of ether oxygens (including phenoxy) is 3. The normalized spacial score (nSPS) is 15.0. The summed E-state index contributed by atoms with van der Waals surface area (Å²) < 4.78 is 30.6. The van der Waals surface area contributed by atoms with Gasteiger partial charge in [0.05, 0.1) is 47.3 Å². The second-order valence-electron chi connectivity index (χ2n) is 8.67. The maximum absolute atomic E-state index is 13.7. The third-order valence-electron chi connectivity index (χ3n) is 5.88. The van der Waals surface area contributed by atoms with Crippen molar-refractivity contribution in [2.45, 2.75) is 19.4 Å². The zero-order valence-corrected chi connectivity index (χ0v) is 22.2. The van der Waals surface area contributed by atoms with E-state index in [0.29, 0.717) is 73.2 Å². The van der Waals surface area contributed by atoms with Crippen molar-refractivity contribution in [3.63, 3.8) is 0 Å².